The number of rotatable bonds is 4. The molecule has 0 aliphatic heterocycles. The highest BCUT2D eigenvalue weighted by Gasteiger charge is 2.28. The molecular weight excluding hydrogens is 264 g/mol. The van der Waals surface area contributed by atoms with Crippen LogP contribution in [-0.4, -0.2) is 17.6 Å². The Morgan fingerprint density at radius 1 is 1.24 bits per heavy atom. The lowest BCUT2D eigenvalue weighted by molar-refractivity contribution is 0.0849. The second-order valence-electron chi connectivity index (χ2n) is 5.38. The average molecular weight is 284 g/mol. The number of carbonyl (C=O) groups excluding carboxylic acids is 1. The van der Waals surface area contributed by atoms with Crippen molar-refractivity contribution in [3.8, 4) is 0 Å². The molecule has 0 heterocycles. The van der Waals surface area contributed by atoms with Crippen molar-refractivity contribution in [2.75, 3.05) is 12.3 Å². The summed E-state index contributed by atoms with van der Waals surface area (Å²) in [5.74, 6) is -0.237. The number of aliphatic hydroxyl groups is 1. The third kappa shape index (κ3) is 3.23. The molecule has 4 nitrogen and oxygen atoms in total. The largest absolute Gasteiger partial charge is 0.399 e. The fraction of sp³-hybridized carbons (Fsp3) is 0.235. The molecule has 0 bridgehead atoms. The molecule has 1 amide bonds. The molecule has 2 aromatic carbocycles. The molecule has 0 radical (unpaired) electrons. The zero-order valence-corrected chi connectivity index (χ0v) is 12.3. The Kier molecular flexibility index (Phi) is 4.29. The Hall–Kier alpha value is -2.33. The molecule has 0 saturated heterocycles. The molecule has 2 aromatic rings. The first kappa shape index (κ1) is 15.1. The van der Waals surface area contributed by atoms with Crippen LogP contribution in [0.2, 0.25) is 0 Å². The highest BCUT2D eigenvalue weighted by molar-refractivity contribution is 5.95. The number of carbonyl (C=O) groups is 1. The summed E-state index contributed by atoms with van der Waals surface area (Å²) < 4.78 is 0. The fourth-order valence-corrected chi connectivity index (χ4v) is 2.15. The molecule has 1 unspecified atom stereocenters. The van der Waals surface area contributed by atoms with E-state index in [1.165, 1.54) is 0 Å². The number of amides is 1. The Morgan fingerprint density at radius 2 is 1.90 bits per heavy atom. The summed E-state index contributed by atoms with van der Waals surface area (Å²) in [7, 11) is 0. The predicted octanol–water partition coefficient (Wildman–Crippen LogP) is 2.21. The first-order valence-electron chi connectivity index (χ1n) is 6.81. The van der Waals surface area contributed by atoms with E-state index in [2.05, 4.69) is 5.32 Å². The maximum atomic E-state index is 12.4. The lowest BCUT2D eigenvalue weighted by Crippen LogP contribution is -2.46. The number of nitrogens with one attached hydrogen (secondary N) is 1. The summed E-state index contributed by atoms with van der Waals surface area (Å²) in [4.78, 5) is 12.4. The number of anilines is 1. The van der Waals surface area contributed by atoms with E-state index in [0.29, 0.717) is 11.3 Å². The van der Waals surface area contributed by atoms with Crippen molar-refractivity contribution in [1.29, 1.82) is 0 Å². The molecule has 0 fully saturated rings. The van der Waals surface area contributed by atoms with Gasteiger partial charge in [0.2, 0.25) is 0 Å². The summed E-state index contributed by atoms with van der Waals surface area (Å²) in [5, 5.41) is 12.6. The quantitative estimate of drug-likeness (QED) is 0.754. The van der Waals surface area contributed by atoms with Gasteiger partial charge in [0.1, 0.15) is 0 Å². The van der Waals surface area contributed by atoms with E-state index in [1.807, 2.05) is 37.3 Å². The summed E-state index contributed by atoms with van der Waals surface area (Å²) in [6.07, 6.45) is 0. The van der Waals surface area contributed by atoms with Crippen LogP contribution in [0.4, 0.5) is 5.69 Å². The van der Waals surface area contributed by atoms with E-state index in [-0.39, 0.29) is 12.5 Å². The highest BCUT2D eigenvalue weighted by Crippen LogP contribution is 2.21. The van der Waals surface area contributed by atoms with Crippen molar-refractivity contribution in [2.24, 2.45) is 0 Å². The number of hydrogen-bond donors (Lipinski definition) is 3. The molecule has 4 N–H and O–H groups in total. The van der Waals surface area contributed by atoms with Crippen molar-refractivity contribution >= 4 is 11.6 Å². The van der Waals surface area contributed by atoms with Crippen LogP contribution in [-0.2, 0) is 5.54 Å². The monoisotopic (exact) mass is 284 g/mol. The van der Waals surface area contributed by atoms with E-state index < -0.39 is 5.54 Å². The summed E-state index contributed by atoms with van der Waals surface area (Å²) in [6, 6.07) is 14.5. The molecular formula is C17H20N2O2. The average Bonchev–Trinajstić information content (AvgIpc) is 2.50. The zero-order chi connectivity index (χ0) is 15.5. The van der Waals surface area contributed by atoms with E-state index in [9.17, 15) is 9.90 Å². The third-order valence-corrected chi connectivity index (χ3v) is 3.65. The second-order valence-corrected chi connectivity index (χ2v) is 5.38. The molecule has 0 aromatic heterocycles. The van der Waals surface area contributed by atoms with Crippen LogP contribution in [0.5, 0.6) is 0 Å². The van der Waals surface area contributed by atoms with Gasteiger partial charge in [-0.1, -0.05) is 30.3 Å². The molecule has 0 spiro atoms. The lowest BCUT2D eigenvalue weighted by Gasteiger charge is -2.29. The number of nitrogen functional groups attached to an aromatic ring is 1. The van der Waals surface area contributed by atoms with Crippen molar-refractivity contribution in [3.63, 3.8) is 0 Å². The standard InChI is InChI=1S/C17H20N2O2/c1-12-10-13(8-9-15(12)18)16(21)19-17(2,11-20)14-6-4-3-5-7-14/h3-10,20H,11,18H2,1-2H3,(H,19,21). The van der Waals surface area contributed by atoms with Gasteiger partial charge in [-0.2, -0.15) is 0 Å². The van der Waals surface area contributed by atoms with Crippen molar-refractivity contribution in [2.45, 2.75) is 19.4 Å². The third-order valence-electron chi connectivity index (χ3n) is 3.65. The maximum Gasteiger partial charge on any atom is 0.252 e. The van der Waals surface area contributed by atoms with Crippen LogP contribution in [0.15, 0.2) is 48.5 Å². The van der Waals surface area contributed by atoms with Gasteiger partial charge in [0.15, 0.2) is 0 Å². The van der Waals surface area contributed by atoms with E-state index in [4.69, 9.17) is 5.73 Å². The number of aryl methyl sites for hydroxylation is 1. The van der Waals surface area contributed by atoms with Crippen LogP contribution in [0, 0.1) is 6.92 Å². The second kappa shape index (κ2) is 5.97. The molecule has 0 saturated carbocycles. The molecule has 4 heteroatoms. The van der Waals surface area contributed by atoms with Crippen LogP contribution >= 0.6 is 0 Å². The number of nitrogens with two attached hydrogens (primary N) is 1. The Labute approximate surface area is 124 Å². The van der Waals surface area contributed by atoms with Gasteiger partial charge >= 0.3 is 0 Å². The van der Waals surface area contributed by atoms with Crippen LogP contribution < -0.4 is 11.1 Å². The highest BCUT2D eigenvalue weighted by atomic mass is 16.3. The minimum absolute atomic E-state index is 0.184. The van der Waals surface area contributed by atoms with Gasteiger partial charge in [-0.3, -0.25) is 4.79 Å². The topological polar surface area (TPSA) is 75.3 Å². The molecule has 2 rings (SSSR count). The first-order chi connectivity index (χ1) is 9.96. The van der Waals surface area contributed by atoms with Crippen LogP contribution in [0.25, 0.3) is 0 Å². The minimum Gasteiger partial charge on any atom is -0.399 e. The minimum atomic E-state index is -0.826. The molecule has 110 valence electrons. The SMILES string of the molecule is Cc1cc(C(=O)NC(C)(CO)c2ccccc2)ccc1N. The first-order valence-corrected chi connectivity index (χ1v) is 6.81. The van der Waals surface area contributed by atoms with Gasteiger partial charge < -0.3 is 16.2 Å². The van der Waals surface area contributed by atoms with E-state index in [0.717, 1.165) is 11.1 Å². The van der Waals surface area contributed by atoms with Crippen molar-refractivity contribution < 1.29 is 9.90 Å². The summed E-state index contributed by atoms with van der Waals surface area (Å²) in [6.45, 7) is 3.47. The number of benzene rings is 2. The predicted molar refractivity (Wildman–Crippen MR) is 83.9 cm³/mol. The van der Waals surface area contributed by atoms with E-state index in [1.54, 1.807) is 25.1 Å². The Balaban J connectivity index is 2.26. The Bertz CT molecular complexity index is 640. The summed E-state index contributed by atoms with van der Waals surface area (Å²) in [5.41, 5.74) is 7.82. The molecule has 1 atom stereocenters. The van der Waals surface area contributed by atoms with Gasteiger partial charge in [-0.15, -0.1) is 0 Å². The summed E-state index contributed by atoms with van der Waals surface area (Å²) >= 11 is 0. The normalized spacial score (nSPS) is 13.5. The maximum absolute atomic E-state index is 12.4. The van der Waals surface area contributed by atoms with Gasteiger partial charge in [-0.05, 0) is 43.2 Å². The smallest absolute Gasteiger partial charge is 0.252 e. The molecule has 0 aliphatic rings. The van der Waals surface area contributed by atoms with Gasteiger partial charge in [0.25, 0.3) is 5.91 Å². The van der Waals surface area contributed by atoms with Gasteiger partial charge in [0.05, 0.1) is 12.1 Å². The van der Waals surface area contributed by atoms with Gasteiger partial charge in [0, 0.05) is 11.3 Å². The van der Waals surface area contributed by atoms with Crippen molar-refractivity contribution in [1.82, 2.24) is 5.32 Å². The van der Waals surface area contributed by atoms with Gasteiger partial charge in [-0.25, -0.2) is 0 Å². The fourth-order valence-electron chi connectivity index (χ4n) is 2.15. The lowest BCUT2D eigenvalue weighted by atomic mass is 9.92. The number of aliphatic hydroxyl groups excluding tert-OH is 1. The molecule has 0 aliphatic carbocycles. The molecule has 21 heavy (non-hydrogen) atoms. The van der Waals surface area contributed by atoms with Crippen LogP contribution in [0.3, 0.4) is 0 Å². The zero-order valence-electron chi connectivity index (χ0n) is 12.3. The van der Waals surface area contributed by atoms with Crippen LogP contribution in [0.1, 0.15) is 28.4 Å². The van der Waals surface area contributed by atoms with E-state index >= 15 is 0 Å². The van der Waals surface area contributed by atoms with Crippen molar-refractivity contribution in [3.05, 3.63) is 65.2 Å². The Morgan fingerprint density at radius 3 is 2.48 bits per heavy atom. The number of hydrogen-bond acceptors (Lipinski definition) is 3.